The van der Waals surface area contributed by atoms with E-state index in [1.54, 1.807) is 0 Å². The maximum Gasteiger partial charge on any atom is 0.0642 e. The summed E-state index contributed by atoms with van der Waals surface area (Å²) in [4.78, 5) is 0. The van der Waals surface area contributed by atoms with Crippen molar-refractivity contribution in [2.45, 2.75) is 0 Å². The molecule has 0 bridgehead atoms. The molecule has 6 heteroatoms. The van der Waals surface area contributed by atoms with Crippen molar-refractivity contribution in [2.24, 2.45) is 0 Å². The normalized spacial score (nSPS) is 13.1. The molecule has 0 aliphatic heterocycles. The molecular formula is C84H44N6. The zero-order valence-electron chi connectivity index (χ0n) is 48.1. The first-order valence-corrected chi connectivity index (χ1v) is 31.3. The topological polar surface area (TPSA) is 27.5 Å². The van der Waals surface area contributed by atoms with E-state index in [1.807, 2.05) is 0 Å². The van der Waals surface area contributed by atoms with Gasteiger partial charge in [-0.05, 0) is 108 Å². The summed E-state index contributed by atoms with van der Waals surface area (Å²) < 4.78 is 15.3. The van der Waals surface area contributed by atoms with E-state index in [4.69, 9.17) is 0 Å². The lowest BCUT2D eigenvalue weighted by atomic mass is 9.98. The van der Waals surface area contributed by atoms with E-state index < -0.39 is 0 Å². The van der Waals surface area contributed by atoms with Gasteiger partial charge < -0.3 is 26.7 Å². The van der Waals surface area contributed by atoms with Crippen molar-refractivity contribution in [3.63, 3.8) is 0 Å². The van der Waals surface area contributed by atoms with Crippen LogP contribution in [0.2, 0.25) is 0 Å². The van der Waals surface area contributed by atoms with Gasteiger partial charge in [0, 0.05) is 119 Å². The molecule has 0 saturated heterocycles. The van der Waals surface area contributed by atoms with Gasteiger partial charge in [0.2, 0.25) is 0 Å². The first kappa shape index (κ1) is 45.2. The Balaban J connectivity index is 0.738. The lowest BCUT2D eigenvalue weighted by Gasteiger charge is -2.11. The van der Waals surface area contributed by atoms with Crippen LogP contribution in [-0.4, -0.2) is 26.7 Å². The molecule has 0 amide bonds. The molecule has 0 aliphatic rings. The fourth-order valence-corrected chi connectivity index (χ4v) is 18.2. The first-order chi connectivity index (χ1) is 44.7. The third-order valence-corrected chi connectivity index (χ3v) is 21.4. The fraction of sp³-hybridized carbons (Fsp3) is 0. The molecule has 0 aliphatic carbocycles. The maximum atomic E-state index is 2.59. The van der Waals surface area contributed by atoms with Crippen molar-refractivity contribution >= 4 is 196 Å². The Morgan fingerprint density at radius 1 is 0.156 bits per heavy atom. The third kappa shape index (κ3) is 4.99. The van der Waals surface area contributed by atoms with E-state index >= 15 is 0 Å². The molecule has 14 aromatic carbocycles. The minimum Gasteiger partial charge on any atom is -0.309 e. The minimum atomic E-state index is 1.14. The van der Waals surface area contributed by atoms with E-state index in [0.29, 0.717) is 0 Å². The molecule has 90 heavy (non-hydrogen) atoms. The Morgan fingerprint density at radius 2 is 0.500 bits per heavy atom. The molecule has 6 nitrogen and oxygen atoms in total. The summed E-state index contributed by atoms with van der Waals surface area (Å²) in [5.41, 5.74) is 24.7. The van der Waals surface area contributed by atoms with Gasteiger partial charge in [0.1, 0.15) is 0 Å². The number of para-hydroxylation sites is 8. The number of rotatable bonds is 3. The van der Waals surface area contributed by atoms with Crippen LogP contribution in [0, 0.1) is 0 Å². The number of hydrogen-bond acceptors (Lipinski definition) is 0. The highest BCUT2D eigenvalue weighted by Gasteiger charge is 2.31. The number of fused-ring (bicyclic) bond motifs is 34. The van der Waals surface area contributed by atoms with Crippen LogP contribution in [0.15, 0.2) is 267 Å². The highest BCUT2D eigenvalue weighted by Crippen LogP contribution is 2.54. The van der Waals surface area contributed by atoms with Crippen molar-refractivity contribution in [1.29, 1.82) is 0 Å². The summed E-state index contributed by atoms with van der Waals surface area (Å²) in [5, 5.41) is 25.8. The van der Waals surface area contributed by atoms with E-state index in [0.717, 1.165) is 5.69 Å². The lowest BCUT2D eigenvalue weighted by Crippen LogP contribution is -1.94. The molecule has 24 aromatic rings. The maximum absolute atomic E-state index is 2.59. The molecule has 0 fully saturated rings. The average molecular weight is 1140 g/mol. The van der Waals surface area contributed by atoms with Gasteiger partial charge in [-0.3, -0.25) is 0 Å². The van der Waals surface area contributed by atoms with Gasteiger partial charge in [-0.25, -0.2) is 0 Å². The van der Waals surface area contributed by atoms with Crippen LogP contribution in [0.1, 0.15) is 0 Å². The zero-order valence-corrected chi connectivity index (χ0v) is 48.1. The van der Waals surface area contributed by atoms with Gasteiger partial charge in [0.25, 0.3) is 0 Å². The largest absolute Gasteiger partial charge is 0.309 e. The molecule has 0 saturated carbocycles. The number of nitrogens with zero attached hydrogens (tertiary/aromatic N) is 6. The second-order valence-corrected chi connectivity index (χ2v) is 25.4. The Morgan fingerprint density at radius 3 is 1.07 bits per heavy atom. The number of aromatic nitrogens is 6. The van der Waals surface area contributed by atoms with Gasteiger partial charge in [0.05, 0.1) is 88.3 Å². The van der Waals surface area contributed by atoms with E-state index in [9.17, 15) is 0 Å². The van der Waals surface area contributed by atoms with Crippen molar-refractivity contribution in [3.8, 4) is 22.5 Å². The van der Waals surface area contributed by atoms with Crippen molar-refractivity contribution in [1.82, 2.24) is 26.7 Å². The summed E-state index contributed by atoms with van der Waals surface area (Å²) in [7, 11) is 0. The summed E-state index contributed by atoms with van der Waals surface area (Å²) in [5.74, 6) is 0. The summed E-state index contributed by atoms with van der Waals surface area (Å²) in [6, 6.07) is 101. The Bertz CT molecular complexity index is 7360. The molecule has 0 radical (unpaired) electrons. The molecule has 0 spiro atoms. The summed E-state index contributed by atoms with van der Waals surface area (Å²) in [6.45, 7) is 0. The van der Waals surface area contributed by atoms with E-state index in [1.165, 1.54) is 213 Å². The predicted octanol–water partition coefficient (Wildman–Crippen LogP) is 22.1. The van der Waals surface area contributed by atoms with E-state index in [2.05, 4.69) is 294 Å². The minimum absolute atomic E-state index is 1.14. The quantitative estimate of drug-likeness (QED) is 0.169. The predicted molar refractivity (Wildman–Crippen MR) is 379 cm³/mol. The van der Waals surface area contributed by atoms with Crippen LogP contribution in [0.3, 0.4) is 0 Å². The highest BCUT2D eigenvalue weighted by molar-refractivity contribution is 6.44. The smallest absolute Gasteiger partial charge is 0.0642 e. The van der Waals surface area contributed by atoms with Crippen molar-refractivity contribution < 1.29 is 0 Å². The fourth-order valence-electron chi connectivity index (χ4n) is 18.2. The first-order valence-electron chi connectivity index (χ1n) is 31.3. The Hall–Kier alpha value is -12.1. The van der Waals surface area contributed by atoms with E-state index in [-0.39, 0.29) is 0 Å². The van der Waals surface area contributed by atoms with Crippen molar-refractivity contribution in [3.05, 3.63) is 267 Å². The van der Waals surface area contributed by atoms with Gasteiger partial charge in [-0.1, -0.05) is 170 Å². The lowest BCUT2D eigenvalue weighted by molar-refractivity contribution is 1.18. The second-order valence-electron chi connectivity index (χ2n) is 25.4. The SMILES string of the molecule is c1ccc(-n2c3ccccc3c3c4c5ccccc5n5c6cc7c8ccc(-c9ccc(-n%10c%11ccccc%11c%11cc%12c%13c%14c%15ccccc%15n%15c%16ccccc%16c(cc%13n%13c%16ccccc%16c(c%11%10)c%12%13)c%14%15)cc9)cc8n8c9ccccc9c(c6c(cc32)c45)c78)cc1. The molecule has 10 heterocycles. The van der Waals surface area contributed by atoms with Crippen LogP contribution in [0.5, 0.6) is 0 Å². The summed E-state index contributed by atoms with van der Waals surface area (Å²) in [6.07, 6.45) is 0. The molecule has 10 aromatic heterocycles. The third-order valence-electron chi connectivity index (χ3n) is 21.4. The molecule has 0 unspecified atom stereocenters. The summed E-state index contributed by atoms with van der Waals surface area (Å²) >= 11 is 0. The van der Waals surface area contributed by atoms with Crippen LogP contribution < -0.4 is 0 Å². The van der Waals surface area contributed by atoms with Crippen LogP contribution >= 0.6 is 0 Å². The molecule has 0 atom stereocenters. The Kier molecular flexibility index (Phi) is 7.71. The number of hydrogen-bond donors (Lipinski definition) is 0. The van der Waals surface area contributed by atoms with Gasteiger partial charge in [-0.2, -0.15) is 0 Å². The molecule has 0 N–H and O–H groups in total. The highest BCUT2D eigenvalue weighted by atomic mass is 15.0. The van der Waals surface area contributed by atoms with Gasteiger partial charge in [0.15, 0.2) is 0 Å². The Labute approximate surface area is 509 Å². The van der Waals surface area contributed by atoms with Crippen LogP contribution in [0.4, 0.5) is 0 Å². The monoisotopic (exact) mass is 1140 g/mol. The second kappa shape index (κ2) is 15.3. The number of benzene rings is 14. The standard InChI is InChI=1S/C84H44N6/c1-2-18-47(19-3-1)85-64-29-13-6-22-52(64)73-70(85)44-61-75-72(89-67-32-16-9-25-55(67)76(73)83(61)89)43-59-51-39-36-46(40-69(51)88-66-31-15-8-24-54(66)78(75)81(59)88)45-34-37-48(38-35-45)86-62-27-11-4-20-49(62)57-41-60-74-71(90-68-33-17-10-26-56(68)79(82(57)86)84(60)90)42-58-50-21-5-12-28-63(50)87-65-30-14-7-23-53(65)77(74)80(58)87/h1-44H. The van der Waals surface area contributed by atoms with Crippen molar-refractivity contribution in [2.75, 3.05) is 0 Å². The molecule has 410 valence electrons. The zero-order chi connectivity index (χ0) is 57.7. The molecular weight excluding hydrogens is 1090 g/mol. The average Bonchev–Trinajstić information content (AvgIpc) is 1.50. The van der Waals surface area contributed by atoms with Crippen LogP contribution in [-0.2, 0) is 0 Å². The van der Waals surface area contributed by atoms with Gasteiger partial charge in [-0.15, -0.1) is 0 Å². The van der Waals surface area contributed by atoms with Gasteiger partial charge >= 0.3 is 0 Å². The molecule has 24 rings (SSSR count). The van der Waals surface area contributed by atoms with Crippen LogP contribution in [0.25, 0.3) is 218 Å².